The topological polar surface area (TPSA) is 78.5 Å². The Morgan fingerprint density at radius 1 is 1.14 bits per heavy atom. The number of hydrogen-bond donors (Lipinski definition) is 1. The highest BCUT2D eigenvalue weighted by molar-refractivity contribution is 5.97. The number of amides is 1. The first-order valence-corrected chi connectivity index (χ1v) is 6.90. The summed E-state index contributed by atoms with van der Waals surface area (Å²) < 4.78 is 5.47. The Kier molecular flexibility index (Phi) is 3.29. The van der Waals surface area contributed by atoms with Gasteiger partial charge in [0.05, 0.1) is 18.1 Å². The number of carboxylic acids is 1. The molecule has 110 valence electrons. The number of ether oxygens (including phenoxy) is 1. The van der Waals surface area contributed by atoms with Gasteiger partial charge in [-0.25, -0.2) is 0 Å². The van der Waals surface area contributed by atoms with Gasteiger partial charge in [0.25, 0.3) is 0 Å². The minimum atomic E-state index is -1.24. The molecule has 1 aromatic rings. The van der Waals surface area contributed by atoms with Crippen LogP contribution in [0.4, 0.5) is 5.69 Å². The van der Waals surface area contributed by atoms with Gasteiger partial charge >= 0.3 is 0 Å². The molecule has 1 N–H and O–H groups in total. The van der Waals surface area contributed by atoms with Crippen LogP contribution in [0.25, 0.3) is 0 Å². The summed E-state index contributed by atoms with van der Waals surface area (Å²) in [5.74, 6) is -3.25. The van der Waals surface area contributed by atoms with Crippen molar-refractivity contribution < 1.29 is 19.4 Å². The number of benzene rings is 1. The number of aryl methyl sites for hydroxylation is 2. The second kappa shape index (κ2) is 5.00. The number of carbonyl (C=O) groups is 2. The van der Waals surface area contributed by atoms with Crippen LogP contribution >= 0.6 is 0 Å². The normalized spacial score (nSPS) is 29.6. The third-order valence-corrected chi connectivity index (χ3v) is 4.11. The van der Waals surface area contributed by atoms with Crippen LogP contribution in [0.15, 0.2) is 30.4 Å². The zero-order valence-electron chi connectivity index (χ0n) is 11.8. The number of aliphatic carboxylic acids is 1. The molecule has 4 atom stereocenters. The van der Waals surface area contributed by atoms with Gasteiger partial charge in [-0.1, -0.05) is 29.8 Å². The molecular weight excluding hydrogens is 270 g/mol. The van der Waals surface area contributed by atoms with E-state index >= 15 is 0 Å². The quantitative estimate of drug-likeness (QED) is 0.824. The van der Waals surface area contributed by atoms with E-state index < -0.39 is 30.0 Å². The molecule has 1 fully saturated rings. The van der Waals surface area contributed by atoms with E-state index in [1.54, 1.807) is 12.2 Å². The molecule has 21 heavy (non-hydrogen) atoms. The van der Waals surface area contributed by atoms with Crippen molar-refractivity contribution in [3.63, 3.8) is 0 Å². The van der Waals surface area contributed by atoms with Gasteiger partial charge in [0.2, 0.25) is 5.91 Å². The lowest BCUT2D eigenvalue weighted by atomic mass is 9.82. The third-order valence-electron chi connectivity index (χ3n) is 4.11. The predicted molar refractivity (Wildman–Crippen MR) is 74.3 cm³/mol. The summed E-state index contributed by atoms with van der Waals surface area (Å²) in [6.45, 7) is 3.87. The third kappa shape index (κ3) is 2.34. The second-order valence-corrected chi connectivity index (χ2v) is 5.63. The molecule has 1 aromatic carbocycles. The molecule has 5 heteroatoms. The van der Waals surface area contributed by atoms with Crippen LogP contribution in [0.1, 0.15) is 11.1 Å². The van der Waals surface area contributed by atoms with Crippen molar-refractivity contribution in [2.75, 3.05) is 5.32 Å². The van der Waals surface area contributed by atoms with Gasteiger partial charge in [-0.2, -0.15) is 0 Å². The highest BCUT2D eigenvalue weighted by Crippen LogP contribution is 2.39. The van der Waals surface area contributed by atoms with Gasteiger partial charge < -0.3 is 20.0 Å². The van der Waals surface area contributed by atoms with Gasteiger partial charge in [0, 0.05) is 17.6 Å². The van der Waals surface area contributed by atoms with Gasteiger partial charge in [0.1, 0.15) is 0 Å². The van der Waals surface area contributed by atoms with E-state index in [1.807, 2.05) is 32.0 Å². The average molecular weight is 286 g/mol. The predicted octanol–water partition coefficient (Wildman–Crippen LogP) is 0.561. The van der Waals surface area contributed by atoms with Gasteiger partial charge in [-0.3, -0.25) is 4.79 Å². The Hall–Kier alpha value is -2.14. The van der Waals surface area contributed by atoms with E-state index in [0.717, 1.165) is 11.1 Å². The van der Waals surface area contributed by atoms with Gasteiger partial charge in [-0.15, -0.1) is 0 Å². The van der Waals surface area contributed by atoms with Crippen LogP contribution in [0.3, 0.4) is 0 Å². The smallest absolute Gasteiger partial charge is 0.231 e. The standard InChI is InChI=1S/C16H17NO4/c1-8-3-4-10(9(2)7-8)17-15(18)13-11-5-6-12(21-11)14(13)16(19)20/h3-7,11-14H,1-2H3,(H,17,18)(H,19,20)/p-1/t11-,12+,13+,14-/m0/s1. The molecular formula is C16H16NO4-. The number of fused-ring (bicyclic) bond motifs is 2. The Balaban J connectivity index is 1.82. The molecule has 2 bridgehead atoms. The summed E-state index contributed by atoms with van der Waals surface area (Å²) in [7, 11) is 0. The first-order valence-electron chi connectivity index (χ1n) is 6.90. The highest BCUT2D eigenvalue weighted by Gasteiger charge is 2.50. The van der Waals surface area contributed by atoms with Crippen LogP contribution < -0.4 is 10.4 Å². The minimum Gasteiger partial charge on any atom is -0.550 e. The maximum Gasteiger partial charge on any atom is 0.231 e. The zero-order chi connectivity index (χ0) is 15.1. The fourth-order valence-electron chi connectivity index (χ4n) is 3.07. The molecule has 0 saturated carbocycles. The largest absolute Gasteiger partial charge is 0.550 e. The fraction of sp³-hybridized carbons (Fsp3) is 0.375. The average Bonchev–Trinajstić information content (AvgIpc) is 3.02. The summed E-state index contributed by atoms with van der Waals surface area (Å²) in [4.78, 5) is 23.7. The Morgan fingerprint density at radius 2 is 1.81 bits per heavy atom. The fourth-order valence-corrected chi connectivity index (χ4v) is 3.07. The molecule has 0 unspecified atom stereocenters. The number of anilines is 1. The Morgan fingerprint density at radius 3 is 2.43 bits per heavy atom. The SMILES string of the molecule is Cc1ccc(NC(=O)[C@H]2[C@@H](C(=O)[O-])[C@H]3C=C[C@@H]2O3)c(C)c1. The summed E-state index contributed by atoms with van der Waals surface area (Å²) in [6, 6.07) is 5.68. The van der Waals surface area contributed by atoms with Crippen molar-refractivity contribution in [2.45, 2.75) is 26.1 Å². The minimum absolute atomic E-state index is 0.340. The van der Waals surface area contributed by atoms with Gasteiger partial charge in [0.15, 0.2) is 0 Å². The molecule has 1 saturated heterocycles. The first kappa shape index (κ1) is 13.8. The lowest BCUT2D eigenvalue weighted by molar-refractivity contribution is -0.313. The zero-order valence-corrected chi connectivity index (χ0v) is 11.8. The molecule has 2 aliphatic heterocycles. The van der Waals surface area contributed by atoms with Crippen molar-refractivity contribution in [2.24, 2.45) is 11.8 Å². The molecule has 2 heterocycles. The lowest BCUT2D eigenvalue weighted by Crippen LogP contribution is -2.45. The summed E-state index contributed by atoms with van der Waals surface area (Å²) in [5.41, 5.74) is 2.73. The molecule has 1 amide bonds. The number of carboxylic acid groups (broad SMARTS) is 1. The van der Waals surface area contributed by atoms with E-state index in [-0.39, 0.29) is 5.91 Å². The number of carbonyl (C=O) groups excluding carboxylic acids is 2. The molecule has 0 radical (unpaired) electrons. The summed E-state index contributed by atoms with van der Waals surface area (Å²) in [6.07, 6.45) is 2.39. The van der Waals surface area contributed by atoms with E-state index in [0.29, 0.717) is 5.69 Å². The van der Waals surface area contributed by atoms with Crippen molar-refractivity contribution in [3.8, 4) is 0 Å². The lowest BCUT2D eigenvalue weighted by Gasteiger charge is -2.25. The molecule has 0 aliphatic carbocycles. The van der Waals surface area contributed by atoms with Crippen LogP contribution in [-0.2, 0) is 14.3 Å². The van der Waals surface area contributed by atoms with Gasteiger partial charge in [-0.05, 0) is 25.5 Å². The Labute approximate surface area is 122 Å². The maximum absolute atomic E-state index is 12.4. The highest BCUT2D eigenvalue weighted by atomic mass is 16.5. The molecule has 3 rings (SSSR count). The first-order chi connectivity index (χ1) is 9.97. The molecule has 0 aromatic heterocycles. The van der Waals surface area contributed by atoms with Crippen molar-refractivity contribution in [1.82, 2.24) is 0 Å². The maximum atomic E-state index is 12.4. The summed E-state index contributed by atoms with van der Waals surface area (Å²) >= 11 is 0. The van der Waals surface area contributed by atoms with Crippen molar-refractivity contribution >= 4 is 17.6 Å². The van der Waals surface area contributed by atoms with E-state index in [9.17, 15) is 14.7 Å². The number of nitrogens with one attached hydrogen (secondary N) is 1. The Bertz CT molecular complexity index is 637. The second-order valence-electron chi connectivity index (χ2n) is 5.63. The summed E-state index contributed by atoms with van der Waals surface area (Å²) in [5, 5.41) is 14.1. The molecule has 0 spiro atoms. The van der Waals surface area contributed by atoms with Crippen molar-refractivity contribution in [1.29, 1.82) is 0 Å². The number of hydrogen-bond acceptors (Lipinski definition) is 4. The van der Waals surface area contributed by atoms with E-state index in [1.165, 1.54) is 0 Å². The van der Waals surface area contributed by atoms with Crippen LogP contribution in [0.5, 0.6) is 0 Å². The van der Waals surface area contributed by atoms with Crippen LogP contribution in [0, 0.1) is 25.7 Å². The van der Waals surface area contributed by atoms with E-state index in [2.05, 4.69) is 5.32 Å². The van der Waals surface area contributed by atoms with Crippen molar-refractivity contribution in [3.05, 3.63) is 41.5 Å². The van der Waals surface area contributed by atoms with Crippen LogP contribution in [-0.4, -0.2) is 24.1 Å². The molecule has 5 nitrogen and oxygen atoms in total. The molecule has 2 aliphatic rings. The number of rotatable bonds is 3. The monoisotopic (exact) mass is 286 g/mol. The van der Waals surface area contributed by atoms with E-state index in [4.69, 9.17) is 4.74 Å². The van der Waals surface area contributed by atoms with Crippen LogP contribution in [0.2, 0.25) is 0 Å².